The van der Waals surface area contributed by atoms with E-state index < -0.39 is 9.84 Å². The van der Waals surface area contributed by atoms with Crippen molar-refractivity contribution in [3.8, 4) is 0 Å². The molecule has 0 aromatic heterocycles. The van der Waals surface area contributed by atoms with Gasteiger partial charge < -0.3 is 0 Å². The molecule has 0 saturated heterocycles. The zero-order chi connectivity index (χ0) is 12.3. The summed E-state index contributed by atoms with van der Waals surface area (Å²) in [7, 11) is -3.26. The van der Waals surface area contributed by atoms with Gasteiger partial charge in [0.05, 0.1) is 5.25 Å². The Morgan fingerprint density at radius 3 is 2.29 bits per heavy atom. The summed E-state index contributed by atoms with van der Waals surface area (Å²) in [5.41, 5.74) is 0.481. The summed E-state index contributed by atoms with van der Waals surface area (Å²) < 4.78 is 24.0. The summed E-state index contributed by atoms with van der Waals surface area (Å²) in [6, 6.07) is 8.62. The molecule has 0 atom stereocenters. The van der Waals surface area contributed by atoms with Crippen LogP contribution in [0.15, 0.2) is 30.3 Å². The molecule has 0 unspecified atom stereocenters. The topological polar surface area (TPSA) is 51.2 Å². The first-order valence-corrected chi connectivity index (χ1v) is 7.61. The monoisotopic (exact) mass is 252 g/mol. The molecule has 17 heavy (non-hydrogen) atoms. The molecule has 0 bridgehead atoms. The number of benzene rings is 1. The highest BCUT2D eigenvalue weighted by Crippen LogP contribution is 2.25. The lowest BCUT2D eigenvalue weighted by Gasteiger charge is -2.10. The van der Waals surface area contributed by atoms with E-state index in [1.165, 1.54) is 0 Å². The molecule has 92 valence electrons. The lowest BCUT2D eigenvalue weighted by Crippen LogP contribution is -2.25. The Bertz CT molecular complexity index is 485. The molecule has 0 spiro atoms. The molecule has 1 aliphatic rings. The minimum atomic E-state index is -3.26. The normalized spacial score (nSPS) is 17.2. The van der Waals surface area contributed by atoms with E-state index in [4.69, 9.17) is 0 Å². The van der Waals surface area contributed by atoms with Crippen molar-refractivity contribution in [3.63, 3.8) is 0 Å². The molecular formula is C13H16O3S. The Morgan fingerprint density at radius 2 is 1.71 bits per heavy atom. The van der Waals surface area contributed by atoms with Gasteiger partial charge in [-0.3, -0.25) is 4.79 Å². The molecule has 1 saturated carbocycles. The van der Waals surface area contributed by atoms with Crippen LogP contribution in [0.3, 0.4) is 0 Å². The Kier molecular flexibility index (Phi) is 3.62. The summed E-state index contributed by atoms with van der Waals surface area (Å²) in [6.07, 6.45) is 3.35. The van der Waals surface area contributed by atoms with Crippen LogP contribution in [-0.2, 0) is 9.84 Å². The van der Waals surface area contributed by atoms with Gasteiger partial charge in [0, 0.05) is 5.56 Å². The highest BCUT2D eigenvalue weighted by molar-refractivity contribution is 7.92. The van der Waals surface area contributed by atoms with Crippen LogP contribution in [0.4, 0.5) is 0 Å². The maximum absolute atomic E-state index is 12.0. The quantitative estimate of drug-likeness (QED) is 0.772. The number of hydrogen-bond acceptors (Lipinski definition) is 3. The molecule has 0 amide bonds. The number of hydrogen-bond donors (Lipinski definition) is 0. The number of ketones is 1. The first kappa shape index (κ1) is 12.3. The van der Waals surface area contributed by atoms with Gasteiger partial charge in [-0.15, -0.1) is 0 Å². The maximum Gasteiger partial charge on any atom is 0.177 e. The largest absolute Gasteiger partial charge is 0.293 e. The first-order valence-electron chi connectivity index (χ1n) is 5.89. The molecule has 1 aliphatic carbocycles. The molecule has 1 aromatic rings. The van der Waals surface area contributed by atoms with Gasteiger partial charge in [-0.1, -0.05) is 43.2 Å². The summed E-state index contributed by atoms with van der Waals surface area (Å²) in [4.78, 5) is 11.8. The highest BCUT2D eigenvalue weighted by Gasteiger charge is 2.30. The number of rotatable bonds is 4. The van der Waals surface area contributed by atoms with Crippen LogP contribution in [0.1, 0.15) is 36.0 Å². The van der Waals surface area contributed by atoms with Gasteiger partial charge in [-0.05, 0) is 12.8 Å². The van der Waals surface area contributed by atoms with Crippen LogP contribution in [0.25, 0.3) is 0 Å². The van der Waals surface area contributed by atoms with Crippen molar-refractivity contribution in [2.75, 3.05) is 5.75 Å². The predicted octanol–water partition coefficient (Wildman–Crippen LogP) is 2.23. The SMILES string of the molecule is O=C(CS(=O)(=O)C1CCCC1)c1ccccc1. The fraction of sp³-hybridized carbons (Fsp3) is 0.462. The summed E-state index contributed by atoms with van der Waals surface area (Å²) >= 11 is 0. The molecule has 3 nitrogen and oxygen atoms in total. The van der Waals surface area contributed by atoms with Crippen LogP contribution in [0, 0.1) is 0 Å². The number of Topliss-reactive ketones (excluding diaryl/α,β-unsaturated/α-hetero) is 1. The van der Waals surface area contributed by atoms with Crippen LogP contribution >= 0.6 is 0 Å². The highest BCUT2D eigenvalue weighted by atomic mass is 32.2. The molecule has 1 aromatic carbocycles. The zero-order valence-electron chi connectivity index (χ0n) is 9.63. The average molecular weight is 252 g/mol. The Morgan fingerprint density at radius 1 is 1.12 bits per heavy atom. The average Bonchev–Trinajstić information content (AvgIpc) is 2.84. The molecular weight excluding hydrogens is 236 g/mol. The van der Waals surface area contributed by atoms with Crippen molar-refractivity contribution in [2.45, 2.75) is 30.9 Å². The fourth-order valence-corrected chi connectivity index (χ4v) is 4.07. The van der Waals surface area contributed by atoms with E-state index in [2.05, 4.69) is 0 Å². The number of carbonyl (C=O) groups excluding carboxylic acids is 1. The van der Waals surface area contributed by atoms with E-state index in [1.54, 1.807) is 24.3 Å². The standard InChI is InChI=1S/C13H16O3S/c14-13(11-6-2-1-3-7-11)10-17(15,16)12-8-4-5-9-12/h1-3,6-7,12H,4-5,8-10H2. The molecule has 4 heteroatoms. The first-order chi connectivity index (χ1) is 8.09. The van der Waals surface area contributed by atoms with E-state index in [0.29, 0.717) is 18.4 Å². The molecule has 0 N–H and O–H groups in total. The third kappa shape index (κ3) is 2.94. The van der Waals surface area contributed by atoms with Crippen LogP contribution in [-0.4, -0.2) is 25.2 Å². The van der Waals surface area contributed by atoms with E-state index >= 15 is 0 Å². The molecule has 0 aliphatic heterocycles. The Hall–Kier alpha value is -1.16. The number of sulfone groups is 1. The van der Waals surface area contributed by atoms with Crippen LogP contribution < -0.4 is 0 Å². The van der Waals surface area contributed by atoms with Crippen molar-refractivity contribution in [1.29, 1.82) is 0 Å². The maximum atomic E-state index is 12.0. The van der Waals surface area contributed by atoms with Crippen molar-refractivity contribution in [2.24, 2.45) is 0 Å². The summed E-state index contributed by atoms with van der Waals surface area (Å²) in [5.74, 6) is -0.640. The second-order valence-electron chi connectivity index (χ2n) is 4.50. The van der Waals surface area contributed by atoms with Gasteiger partial charge in [0.15, 0.2) is 15.6 Å². The fourth-order valence-electron chi connectivity index (χ4n) is 2.26. The van der Waals surface area contributed by atoms with Crippen molar-refractivity contribution >= 4 is 15.6 Å². The van der Waals surface area contributed by atoms with Crippen molar-refractivity contribution in [3.05, 3.63) is 35.9 Å². The smallest absolute Gasteiger partial charge is 0.177 e. The second-order valence-corrected chi connectivity index (χ2v) is 6.78. The van der Waals surface area contributed by atoms with Crippen LogP contribution in [0.5, 0.6) is 0 Å². The van der Waals surface area contributed by atoms with Crippen molar-refractivity contribution < 1.29 is 13.2 Å². The summed E-state index contributed by atoms with van der Waals surface area (Å²) in [5, 5.41) is -0.296. The lowest BCUT2D eigenvalue weighted by atomic mass is 10.2. The van der Waals surface area contributed by atoms with Gasteiger partial charge in [-0.25, -0.2) is 8.42 Å². The second kappa shape index (κ2) is 5.00. The predicted molar refractivity (Wildman–Crippen MR) is 66.8 cm³/mol. The third-order valence-corrected chi connectivity index (χ3v) is 5.39. The van der Waals surface area contributed by atoms with Gasteiger partial charge in [0.25, 0.3) is 0 Å². The van der Waals surface area contributed by atoms with Crippen molar-refractivity contribution in [1.82, 2.24) is 0 Å². The molecule has 0 radical (unpaired) electrons. The third-order valence-electron chi connectivity index (χ3n) is 3.24. The summed E-state index contributed by atoms with van der Waals surface area (Å²) in [6.45, 7) is 0. The molecule has 0 heterocycles. The Labute approximate surface area is 102 Å². The van der Waals surface area contributed by atoms with E-state index in [0.717, 1.165) is 12.8 Å². The lowest BCUT2D eigenvalue weighted by molar-refractivity contribution is 0.102. The van der Waals surface area contributed by atoms with E-state index in [9.17, 15) is 13.2 Å². The van der Waals surface area contributed by atoms with E-state index in [1.807, 2.05) is 6.07 Å². The molecule has 1 fully saturated rings. The van der Waals surface area contributed by atoms with Gasteiger partial charge in [-0.2, -0.15) is 0 Å². The Balaban J connectivity index is 2.08. The van der Waals surface area contributed by atoms with Gasteiger partial charge in [0.1, 0.15) is 5.75 Å². The van der Waals surface area contributed by atoms with E-state index in [-0.39, 0.29) is 16.8 Å². The zero-order valence-corrected chi connectivity index (χ0v) is 10.4. The van der Waals surface area contributed by atoms with Crippen LogP contribution in [0.2, 0.25) is 0 Å². The minimum Gasteiger partial charge on any atom is -0.293 e. The number of carbonyl (C=O) groups is 1. The minimum absolute atomic E-state index is 0.294. The molecule has 2 rings (SSSR count). The van der Waals surface area contributed by atoms with Gasteiger partial charge >= 0.3 is 0 Å². The van der Waals surface area contributed by atoms with Gasteiger partial charge in [0.2, 0.25) is 0 Å².